The summed E-state index contributed by atoms with van der Waals surface area (Å²) in [5, 5.41) is 14.2. The van der Waals surface area contributed by atoms with Gasteiger partial charge in [-0.15, -0.1) is 11.3 Å². The Morgan fingerprint density at radius 1 is 1.92 bits per heavy atom. The van der Waals surface area contributed by atoms with Crippen LogP contribution in [-0.4, -0.2) is 22.6 Å². The molecule has 0 fully saturated rings. The van der Waals surface area contributed by atoms with Gasteiger partial charge in [0.1, 0.15) is 5.15 Å². The first kappa shape index (κ1) is 10.3. The van der Waals surface area contributed by atoms with Crippen molar-refractivity contribution in [3.8, 4) is 0 Å². The lowest BCUT2D eigenvalue weighted by Crippen LogP contribution is -2.19. The van der Waals surface area contributed by atoms with Gasteiger partial charge in [0.25, 0.3) is 0 Å². The lowest BCUT2D eigenvalue weighted by Gasteiger charge is -2.05. The number of anilines is 1. The molecule has 1 heterocycles. The SMILES string of the molecule is CC(CNc1nc(Cl)cs1)C(=O)O. The van der Waals surface area contributed by atoms with E-state index in [1.807, 2.05) is 0 Å². The van der Waals surface area contributed by atoms with Crippen molar-refractivity contribution >= 4 is 34.0 Å². The number of thiazole rings is 1. The Bertz CT molecular complexity index is 302. The Morgan fingerprint density at radius 3 is 3.08 bits per heavy atom. The van der Waals surface area contributed by atoms with Crippen LogP contribution in [0.1, 0.15) is 6.92 Å². The highest BCUT2D eigenvalue weighted by Gasteiger charge is 2.10. The van der Waals surface area contributed by atoms with E-state index in [1.54, 1.807) is 12.3 Å². The Balaban J connectivity index is 2.39. The Kier molecular flexibility index (Phi) is 3.50. The second-order valence-electron chi connectivity index (χ2n) is 2.60. The highest BCUT2D eigenvalue weighted by Crippen LogP contribution is 2.18. The second-order valence-corrected chi connectivity index (χ2v) is 3.84. The van der Waals surface area contributed by atoms with Gasteiger partial charge in [-0.25, -0.2) is 4.98 Å². The third-order valence-corrected chi connectivity index (χ3v) is 2.58. The minimum atomic E-state index is -0.824. The molecule has 0 saturated heterocycles. The molecule has 1 unspecified atom stereocenters. The number of aromatic nitrogens is 1. The van der Waals surface area contributed by atoms with E-state index < -0.39 is 11.9 Å². The number of hydrogen-bond acceptors (Lipinski definition) is 4. The molecule has 0 radical (unpaired) electrons. The molecule has 2 N–H and O–H groups in total. The van der Waals surface area contributed by atoms with Crippen LogP contribution < -0.4 is 5.32 Å². The van der Waals surface area contributed by atoms with Crippen molar-refractivity contribution in [3.63, 3.8) is 0 Å². The average molecular weight is 221 g/mol. The van der Waals surface area contributed by atoms with E-state index in [0.29, 0.717) is 16.8 Å². The van der Waals surface area contributed by atoms with Crippen LogP contribution in [0.15, 0.2) is 5.38 Å². The summed E-state index contributed by atoms with van der Waals surface area (Å²) in [5.41, 5.74) is 0. The number of nitrogens with zero attached hydrogens (tertiary/aromatic N) is 1. The number of carbonyl (C=O) groups is 1. The molecule has 0 amide bonds. The molecule has 72 valence electrons. The van der Waals surface area contributed by atoms with Crippen LogP contribution >= 0.6 is 22.9 Å². The van der Waals surface area contributed by atoms with E-state index in [4.69, 9.17) is 16.7 Å². The van der Waals surface area contributed by atoms with Crippen molar-refractivity contribution in [1.29, 1.82) is 0 Å². The lowest BCUT2D eigenvalue weighted by molar-refractivity contribution is -0.140. The fourth-order valence-electron chi connectivity index (χ4n) is 0.663. The maximum atomic E-state index is 10.4. The zero-order valence-electron chi connectivity index (χ0n) is 6.95. The normalized spacial score (nSPS) is 12.5. The van der Waals surface area contributed by atoms with Crippen molar-refractivity contribution in [1.82, 2.24) is 4.98 Å². The number of halogens is 1. The van der Waals surface area contributed by atoms with Crippen LogP contribution in [0.5, 0.6) is 0 Å². The summed E-state index contributed by atoms with van der Waals surface area (Å²) in [6.45, 7) is 1.99. The van der Waals surface area contributed by atoms with Crippen molar-refractivity contribution < 1.29 is 9.90 Å². The van der Waals surface area contributed by atoms with E-state index in [9.17, 15) is 4.79 Å². The van der Waals surface area contributed by atoms with Crippen LogP contribution in [-0.2, 0) is 4.79 Å². The van der Waals surface area contributed by atoms with Gasteiger partial charge in [0.2, 0.25) is 0 Å². The molecular formula is C7H9ClN2O2S. The van der Waals surface area contributed by atoms with E-state index in [-0.39, 0.29) is 0 Å². The van der Waals surface area contributed by atoms with Crippen LogP contribution in [0.25, 0.3) is 0 Å². The Hall–Kier alpha value is -0.810. The molecule has 1 atom stereocenters. The molecule has 0 aliphatic carbocycles. The van der Waals surface area contributed by atoms with Crippen molar-refractivity contribution in [3.05, 3.63) is 10.5 Å². The fraction of sp³-hybridized carbons (Fsp3) is 0.429. The van der Waals surface area contributed by atoms with Crippen molar-refractivity contribution in [2.45, 2.75) is 6.92 Å². The smallest absolute Gasteiger partial charge is 0.308 e. The number of nitrogens with one attached hydrogen (secondary N) is 1. The van der Waals surface area contributed by atoms with Crippen molar-refractivity contribution in [2.75, 3.05) is 11.9 Å². The molecule has 0 saturated carbocycles. The van der Waals surface area contributed by atoms with Crippen LogP contribution in [0, 0.1) is 5.92 Å². The minimum Gasteiger partial charge on any atom is -0.481 e. The topological polar surface area (TPSA) is 62.2 Å². The summed E-state index contributed by atoms with van der Waals surface area (Å²) in [4.78, 5) is 14.4. The van der Waals surface area contributed by atoms with Crippen LogP contribution in [0.4, 0.5) is 5.13 Å². The highest BCUT2D eigenvalue weighted by molar-refractivity contribution is 7.14. The molecule has 0 aliphatic rings. The van der Waals surface area contributed by atoms with E-state index in [0.717, 1.165) is 0 Å². The molecule has 1 aromatic heterocycles. The third-order valence-electron chi connectivity index (χ3n) is 1.46. The molecule has 6 heteroatoms. The summed E-state index contributed by atoms with van der Waals surface area (Å²) in [7, 11) is 0. The largest absolute Gasteiger partial charge is 0.481 e. The van der Waals surface area contributed by atoms with Gasteiger partial charge in [-0.2, -0.15) is 0 Å². The Morgan fingerprint density at radius 2 is 2.62 bits per heavy atom. The maximum absolute atomic E-state index is 10.4. The first-order valence-electron chi connectivity index (χ1n) is 3.67. The van der Waals surface area contributed by atoms with Gasteiger partial charge in [0.05, 0.1) is 5.92 Å². The molecule has 0 bridgehead atoms. The molecule has 4 nitrogen and oxygen atoms in total. The van der Waals surface area contributed by atoms with E-state index in [1.165, 1.54) is 11.3 Å². The number of hydrogen-bond donors (Lipinski definition) is 2. The Labute approximate surface area is 84.6 Å². The monoisotopic (exact) mass is 220 g/mol. The van der Waals surface area contributed by atoms with Gasteiger partial charge < -0.3 is 10.4 Å². The zero-order chi connectivity index (χ0) is 9.84. The quantitative estimate of drug-likeness (QED) is 0.814. The molecule has 0 aliphatic heterocycles. The predicted molar refractivity (Wildman–Crippen MR) is 52.4 cm³/mol. The van der Waals surface area contributed by atoms with Gasteiger partial charge in [0, 0.05) is 11.9 Å². The third kappa shape index (κ3) is 3.20. The molecule has 1 aromatic rings. The summed E-state index contributed by atoms with van der Waals surface area (Å²) in [5.74, 6) is -1.25. The highest BCUT2D eigenvalue weighted by atomic mass is 35.5. The first-order valence-corrected chi connectivity index (χ1v) is 4.93. The second kappa shape index (κ2) is 4.43. The molecule has 0 spiro atoms. The van der Waals surface area contributed by atoms with Crippen LogP contribution in [0.2, 0.25) is 5.15 Å². The number of carboxylic acid groups (broad SMARTS) is 1. The van der Waals surface area contributed by atoms with Crippen LogP contribution in [0.3, 0.4) is 0 Å². The molecule has 1 rings (SSSR count). The van der Waals surface area contributed by atoms with Gasteiger partial charge in [-0.3, -0.25) is 4.79 Å². The summed E-state index contributed by atoms with van der Waals surface area (Å²) >= 11 is 6.94. The van der Waals surface area contributed by atoms with Gasteiger partial charge in [-0.1, -0.05) is 18.5 Å². The average Bonchev–Trinajstić information content (AvgIpc) is 2.47. The number of carboxylic acids is 1. The summed E-state index contributed by atoms with van der Waals surface area (Å²) in [6.07, 6.45) is 0. The lowest BCUT2D eigenvalue weighted by atomic mass is 10.2. The van der Waals surface area contributed by atoms with Gasteiger partial charge >= 0.3 is 5.97 Å². The molecule has 13 heavy (non-hydrogen) atoms. The van der Waals surface area contributed by atoms with E-state index in [2.05, 4.69) is 10.3 Å². The van der Waals surface area contributed by atoms with E-state index >= 15 is 0 Å². The van der Waals surface area contributed by atoms with Gasteiger partial charge in [0.15, 0.2) is 5.13 Å². The standard InChI is InChI=1S/C7H9ClN2O2S/c1-4(6(11)12)2-9-7-10-5(8)3-13-7/h3-4H,2H2,1H3,(H,9,10)(H,11,12). The number of aliphatic carboxylic acids is 1. The van der Waals surface area contributed by atoms with Gasteiger partial charge in [-0.05, 0) is 0 Å². The fourth-order valence-corrected chi connectivity index (χ4v) is 1.51. The number of rotatable bonds is 4. The first-order chi connectivity index (χ1) is 6.09. The van der Waals surface area contributed by atoms with Crippen molar-refractivity contribution in [2.24, 2.45) is 5.92 Å². The summed E-state index contributed by atoms with van der Waals surface area (Å²) < 4.78 is 0. The minimum absolute atomic E-state index is 0.360. The molecular weight excluding hydrogens is 212 g/mol. The molecule has 0 aromatic carbocycles. The summed E-state index contributed by atoms with van der Waals surface area (Å²) in [6, 6.07) is 0. The zero-order valence-corrected chi connectivity index (χ0v) is 8.52. The predicted octanol–water partition coefficient (Wildman–Crippen LogP) is 1.93. The maximum Gasteiger partial charge on any atom is 0.308 e.